The van der Waals surface area contributed by atoms with Crippen molar-refractivity contribution in [2.75, 3.05) is 6.61 Å². The van der Waals surface area contributed by atoms with Crippen molar-refractivity contribution < 1.29 is 27.8 Å². The predicted octanol–water partition coefficient (Wildman–Crippen LogP) is 2.56. The first-order valence-electron chi connectivity index (χ1n) is 4.92. The zero-order valence-corrected chi connectivity index (χ0v) is 8.62. The van der Waals surface area contributed by atoms with Crippen LogP contribution in [0.1, 0.15) is 22.3 Å². The third-order valence-electron chi connectivity index (χ3n) is 2.85. The lowest BCUT2D eigenvalue weighted by Gasteiger charge is -2.43. The number of rotatable bonds is 2. The molecule has 6 heteroatoms. The van der Waals surface area contributed by atoms with E-state index in [1.165, 1.54) is 12.1 Å². The number of ether oxygens (including phenoxy) is 1. The van der Waals surface area contributed by atoms with Crippen LogP contribution in [-0.4, -0.2) is 23.9 Å². The minimum Gasteiger partial charge on any atom is -0.478 e. The lowest BCUT2D eigenvalue weighted by Crippen LogP contribution is -2.53. The summed E-state index contributed by atoms with van der Waals surface area (Å²) in [5.74, 6) is -1.39. The van der Waals surface area contributed by atoms with E-state index in [9.17, 15) is 18.0 Å². The molecule has 0 spiro atoms. The SMILES string of the molecule is O=C(O)c1ccccc1C1(C(F)(F)F)CCO1. The van der Waals surface area contributed by atoms with Crippen molar-refractivity contribution in [2.24, 2.45) is 0 Å². The first kappa shape index (κ1) is 11.9. The number of carboxylic acid groups (broad SMARTS) is 1. The van der Waals surface area contributed by atoms with Crippen molar-refractivity contribution in [3.05, 3.63) is 35.4 Å². The molecule has 17 heavy (non-hydrogen) atoms. The number of benzene rings is 1. The molecule has 1 saturated heterocycles. The van der Waals surface area contributed by atoms with E-state index >= 15 is 0 Å². The topological polar surface area (TPSA) is 46.5 Å². The number of hydrogen-bond donors (Lipinski definition) is 1. The maximum atomic E-state index is 13.0. The Bertz CT molecular complexity index is 450. The van der Waals surface area contributed by atoms with Crippen molar-refractivity contribution in [3.63, 3.8) is 0 Å². The number of carbonyl (C=O) groups is 1. The number of hydrogen-bond acceptors (Lipinski definition) is 2. The van der Waals surface area contributed by atoms with Gasteiger partial charge in [0.1, 0.15) is 0 Å². The van der Waals surface area contributed by atoms with Gasteiger partial charge in [-0.1, -0.05) is 18.2 Å². The molecule has 1 aromatic rings. The lowest BCUT2D eigenvalue weighted by molar-refractivity contribution is -0.333. The second-order valence-corrected chi connectivity index (χ2v) is 3.77. The smallest absolute Gasteiger partial charge is 0.421 e. The molecule has 0 aliphatic carbocycles. The minimum atomic E-state index is -4.61. The molecule has 92 valence electrons. The molecule has 1 N–H and O–H groups in total. The van der Waals surface area contributed by atoms with Gasteiger partial charge in [-0.05, 0) is 6.07 Å². The van der Waals surface area contributed by atoms with Gasteiger partial charge in [-0.25, -0.2) is 4.79 Å². The summed E-state index contributed by atoms with van der Waals surface area (Å²) >= 11 is 0. The van der Waals surface area contributed by atoms with E-state index in [1.54, 1.807) is 0 Å². The van der Waals surface area contributed by atoms with Gasteiger partial charge in [0.2, 0.25) is 0 Å². The molecule has 1 aliphatic heterocycles. The lowest BCUT2D eigenvalue weighted by atomic mass is 9.83. The quantitative estimate of drug-likeness (QED) is 0.872. The molecule has 0 amide bonds. The highest BCUT2D eigenvalue weighted by molar-refractivity contribution is 5.89. The summed E-state index contributed by atoms with van der Waals surface area (Å²) in [7, 11) is 0. The fourth-order valence-electron chi connectivity index (χ4n) is 1.92. The van der Waals surface area contributed by atoms with Gasteiger partial charge in [0.05, 0.1) is 12.2 Å². The van der Waals surface area contributed by atoms with Crippen LogP contribution in [0.3, 0.4) is 0 Å². The molecule has 1 fully saturated rings. The molecule has 0 saturated carbocycles. The molecule has 0 aromatic heterocycles. The number of alkyl halides is 3. The first-order valence-corrected chi connectivity index (χ1v) is 4.92. The average molecular weight is 246 g/mol. The molecule has 1 aliphatic rings. The van der Waals surface area contributed by atoms with Crippen molar-refractivity contribution >= 4 is 5.97 Å². The third-order valence-corrected chi connectivity index (χ3v) is 2.85. The van der Waals surface area contributed by atoms with Gasteiger partial charge in [0, 0.05) is 12.0 Å². The van der Waals surface area contributed by atoms with Crippen LogP contribution in [0.15, 0.2) is 24.3 Å². The molecule has 3 nitrogen and oxygen atoms in total. The first-order chi connectivity index (χ1) is 7.88. The second kappa shape index (κ2) is 3.73. The van der Waals surface area contributed by atoms with Crippen LogP contribution < -0.4 is 0 Å². The maximum Gasteiger partial charge on any atom is 0.421 e. The summed E-state index contributed by atoms with van der Waals surface area (Å²) < 4.78 is 43.6. The number of aromatic carboxylic acids is 1. The van der Waals surface area contributed by atoms with Crippen molar-refractivity contribution in [1.82, 2.24) is 0 Å². The normalized spacial score (nSPS) is 24.2. The van der Waals surface area contributed by atoms with Gasteiger partial charge in [0.15, 0.2) is 5.60 Å². The van der Waals surface area contributed by atoms with Crippen molar-refractivity contribution in [2.45, 2.75) is 18.2 Å². The van der Waals surface area contributed by atoms with Crippen LogP contribution in [0.25, 0.3) is 0 Å². The fraction of sp³-hybridized carbons (Fsp3) is 0.364. The molecule has 1 aromatic carbocycles. The van der Waals surface area contributed by atoms with Crippen LogP contribution in [0.5, 0.6) is 0 Å². The third kappa shape index (κ3) is 1.68. The molecular weight excluding hydrogens is 237 g/mol. The highest BCUT2D eigenvalue weighted by Gasteiger charge is 2.62. The Morgan fingerprint density at radius 2 is 1.94 bits per heavy atom. The molecule has 1 unspecified atom stereocenters. The number of carboxylic acids is 1. The summed E-state index contributed by atoms with van der Waals surface area (Å²) in [5, 5.41) is 8.89. The molecule has 1 heterocycles. The van der Waals surface area contributed by atoms with Crippen LogP contribution in [0.4, 0.5) is 13.2 Å². The van der Waals surface area contributed by atoms with Gasteiger partial charge < -0.3 is 9.84 Å². The largest absolute Gasteiger partial charge is 0.478 e. The van der Waals surface area contributed by atoms with Gasteiger partial charge in [0.25, 0.3) is 0 Å². The Hall–Kier alpha value is -1.56. The Kier molecular flexibility index (Phi) is 2.61. The summed E-state index contributed by atoms with van der Waals surface area (Å²) in [5.41, 5.74) is -3.15. The fourth-order valence-corrected chi connectivity index (χ4v) is 1.92. The summed E-state index contributed by atoms with van der Waals surface area (Å²) in [4.78, 5) is 10.9. The van der Waals surface area contributed by atoms with E-state index in [0.717, 1.165) is 12.1 Å². The van der Waals surface area contributed by atoms with E-state index in [2.05, 4.69) is 4.74 Å². The van der Waals surface area contributed by atoms with Crippen molar-refractivity contribution in [1.29, 1.82) is 0 Å². The second-order valence-electron chi connectivity index (χ2n) is 3.77. The van der Waals surface area contributed by atoms with Gasteiger partial charge >= 0.3 is 12.1 Å². The van der Waals surface area contributed by atoms with E-state index in [-0.39, 0.29) is 24.2 Å². The number of halogens is 3. The Morgan fingerprint density at radius 3 is 2.35 bits per heavy atom. The predicted molar refractivity (Wildman–Crippen MR) is 51.7 cm³/mol. The zero-order chi connectivity index (χ0) is 12.7. The Balaban J connectivity index is 2.56. The standard InChI is InChI=1S/C11H9F3O3/c12-11(13,14)10(5-6-17-10)8-4-2-1-3-7(8)9(15)16/h1-4H,5-6H2,(H,15,16). The van der Waals surface area contributed by atoms with Gasteiger partial charge in [-0.2, -0.15) is 13.2 Å². The summed E-state index contributed by atoms with van der Waals surface area (Å²) in [6.45, 7) is -0.0204. The van der Waals surface area contributed by atoms with E-state index in [1.807, 2.05) is 0 Å². The van der Waals surface area contributed by atoms with Crippen LogP contribution >= 0.6 is 0 Å². The molecule has 1 atom stereocenters. The average Bonchev–Trinajstić information content (AvgIpc) is 2.14. The highest BCUT2D eigenvalue weighted by Crippen LogP contribution is 2.50. The van der Waals surface area contributed by atoms with Gasteiger partial charge in [-0.15, -0.1) is 0 Å². The Morgan fingerprint density at radius 1 is 1.35 bits per heavy atom. The molecular formula is C11H9F3O3. The molecule has 2 rings (SSSR count). The van der Waals surface area contributed by atoms with E-state index in [4.69, 9.17) is 5.11 Å². The monoisotopic (exact) mass is 246 g/mol. The summed E-state index contributed by atoms with van der Waals surface area (Å²) in [6, 6.07) is 5.05. The van der Waals surface area contributed by atoms with Crippen LogP contribution in [0.2, 0.25) is 0 Å². The van der Waals surface area contributed by atoms with E-state index in [0.29, 0.717) is 0 Å². The zero-order valence-electron chi connectivity index (χ0n) is 8.62. The summed E-state index contributed by atoms with van der Waals surface area (Å²) in [6.07, 6.45) is -4.86. The Labute approximate surface area is 94.8 Å². The maximum absolute atomic E-state index is 13.0. The molecule has 0 bridgehead atoms. The van der Waals surface area contributed by atoms with E-state index < -0.39 is 17.7 Å². The molecule has 0 radical (unpaired) electrons. The van der Waals surface area contributed by atoms with Crippen molar-refractivity contribution in [3.8, 4) is 0 Å². The van der Waals surface area contributed by atoms with Gasteiger partial charge in [-0.3, -0.25) is 0 Å². The highest BCUT2D eigenvalue weighted by atomic mass is 19.4. The van der Waals surface area contributed by atoms with Crippen LogP contribution in [0, 0.1) is 0 Å². The minimum absolute atomic E-state index is 0.0204. The van der Waals surface area contributed by atoms with Crippen LogP contribution in [-0.2, 0) is 10.3 Å².